The average Bonchev–Trinajstić information content (AvgIpc) is 3.52. The zero-order chi connectivity index (χ0) is 25.2. The van der Waals surface area contributed by atoms with E-state index in [0.29, 0.717) is 19.5 Å². The molecule has 0 spiro atoms. The lowest BCUT2D eigenvalue weighted by atomic mass is 10.1. The van der Waals surface area contributed by atoms with Gasteiger partial charge >= 0.3 is 12.1 Å². The smallest absolute Gasteiger partial charge is 0.452 e. The Hall–Kier alpha value is -4.02. The third-order valence-corrected chi connectivity index (χ3v) is 5.65. The summed E-state index contributed by atoms with van der Waals surface area (Å²) >= 11 is 0. The van der Waals surface area contributed by atoms with E-state index in [4.69, 9.17) is 13.9 Å². The fraction of sp³-hybridized carbons (Fsp3) is 0.292. The standard InChI is InChI=1S/C24H22F3N3O5/c1-33-18-6-4-3-5-17(18)22-29-19(20(35-22)24(25,26)27)21(31)28-15-7-9-16(10-8-15)30-12-11-14(13-30)23(32)34-2/h3-10,14H,11-13H2,1-2H3,(H,28,31). The maximum absolute atomic E-state index is 13.6. The largest absolute Gasteiger partial charge is 0.496 e. The van der Waals surface area contributed by atoms with Crippen LogP contribution in [0.15, 0.2) is 52.9 Å². The van der Waals surface area contributed by atoms with Crippen molar-refractivity contribution in [1.82, 2.24) is 4.98 Å². The Bertz CT molecular complexity index is 1220. The molecule has 1 aliphatic heterocycles. The van der Waals surface area contributed by atoms with Crippen molar-refractivity contribution >= 4 is 23.3 Å². The lowest BCUT2D eigenvalue weighted by molar-refractivity contribution is -0.153. The van der Waals surface area contributed by atoms with Crippen LogP contribution in [0.1, 0.15) is 22.7 Å². The molecule has 8 nitrogen and oxygen atoms in total. The molecule has 1 atom stereocenters. The molecule has 1 aromatic heterocycles. The van der Waals surface area contributed by atoms with Gasteiger partial charge in [0.05, 0.1) is 25.7 Å². The van der Waals surface area contributed by atoms with Crippen LogP contribution in [0, 0.1) is 5.92 Å². The normalized spacial score (nSPS) is 15.7. The van der Waals surface area contributed by atoms with Gasteiger partial charge in [0, 0.05) is 24.5 Å². The summed E-state index contributed by atoms with van der Waals surface area (Å²) in [6.45, 7) is 1.16. The summed E-state index contributed by atoms with van der Waals surface area (Å²) in [5, 5.41) is 2.43. The molecule has 0 saturated carbocycles. The molecule has 2 heterocycles. The average molecular weight is 489 g/mol. The summed E-state index contributed by atoms with van der Waals surface area (Å²) in [6, 6.07) is 12.8. The predicted octanol–water partition coefficient (Wildman–Crippen LogP) is 4.62. The highest BCUT2D eigenvalue weighted by molar-refractivity contribution is 6.04. The second-order valence-electron chi connectivity index (χ2n) is 7.85. The Balaban J connectivity index is 1.54. The molecule has 184 valence electrons. The zero-order valence-electron chi connectivity index (χ0n) is 18.9. The van der Waals surface area contributed by atoms with Gasteiger partial charge in [0.2, 0.25) is 11.7 Å². The number of nitrogens with zero attached hydrogens (tertiary/aromatic N) is 2. The molecule has 3 aromatic rings. The molecule has 1 N–H and O–H groups in total. The number of nitrogens with one attached hydrogen (secondary N) is 1. The lowest BCUT2D eigenvalue weighted by Crippen LogP contribution is -2.23. The summed E-state index contributed by atoms with van der Waals surface area (Å²) in [7, 11) is 2.71. The molecule has 1 saturated heterocycles. The molecule has 1 aliphatic rings. The van der Waals surface area contributed by atoms with E-state index in [0.717, 1.165) is 5.69 Å². The number of halogens is 3. The van der Waals surface area contributed by atoms with Crippen LogP contribution in [0.25, 0.3) is 11.5 Å². The number of methoxy groups -OCH3 is 2. The maximum Gasteiger partial charge on any atom is 0.452 e. The highest BCUT2D eigenvalue weighted by Gasteiger charge is 2.42. The summed E-state index contributed by atoms with van der Waals surface area (Å²) in [4.78, 5) is 30.3. The maximum atomic E-state index is 13.6. The monoisotopic (exact) mass is 489 g/mol. The van der Waals surface area contributed by atoms with E-state index in [1.54, 1.807) is 42.5 Å². The Morgan fingerprint density at radius 1 is 1.11 bits per heavy atom. The van der Waals surface area contributed by atoms with Crippen LogP contribution < -0.4 is 15.0 Å². The molecule has 4 rings (SSSR count). The molecule has 2 aromatic carbocycles. The number of alkyl halides is 3. The van der Waals surface area contributed by atoms with Crippen molar-refractivity contribution in [2.45, 2.75) is 12.6 Å². The number of carbonyl (C=O) groups is 2. The van der Waals surface area contributed by atoms with E-state index >= 15 is 0 Å². The first-order chi connectivity index (χ1) is 16.7. The van der Waals surface area contributed by atoms with Gasteiger partial charge in [-0.1, -0.05) is 12.1 Å². The predicted molar refractivity (Wildman–Crippen MR) is 120 cm³/mol. The number of oxazole rings is 1. The minimum Gasteiger partial charge on any atom is -0.496 e. The number of hydrogen-bond donors (Lipinski definition) is 1. The molecule has 0 radical (unpaired) electrons. The van der Waals surface area contributed by atoms with Gasteiger partial charge in [-0.25, -0.2) is 4.98 Å². The van der Waals surface area contributed by atoms with E-state index in [2.05, 4.69) is 10.3 Å². The number of rotatable bonds is 6. The van der Waals surface area contributed by atoms with Crippen molar-refractivity contribution in [3.63, 3.8) is 0 Å². The second-order valence-corrected chi connectivity index (χ2v) is 7.85. The molecule has 1 fully saturated rings. The van der Waals surface area contributed by atoms with Crippen LogP contribution >= 0.6 is 0 Å². The third-order valence-electron chi connectivity index (χ3n) is 5.65. The number of anilines is 2. The van der Waals surface area contributed by atoms with Gasteiger partial charge < -0.3 is 24.1 Å². The van der Waals surface area contributed by atoms with Gasteiger partial charge in [-0.3, -0.25) is 9.59 Å². The molecule has 0 bridgehead atoms. The molecule has 1 unspecified atom stereocenters. The van der Waals surface area contributed by atoms with E-state index in [-0.39, 0.29) is 34.8 Å². The summed E-state index contributed by atoms with van der Waals surface area (Å²) in [5.41, 5.74) is 0.380. The third kappa shape index (κ3) is 5.08. The second kappa shape index (κ2) is 9.69. The van der Waals surface area contributed by atoms with Crippen LogP contribution in [0.5, 0.6) is 5.75 Å². The number of hydrogen-bond acceptors (Lipinski definition) is 7. The highest BCUT2D eigenvalue weighted by atomic mass is 19.4. The molecule has 1 amide bonds. The Labute approximate surface area is 198 Å². The highest BCUT2D eigenvalue weighted by Crippen LogP contribution is 2.38. The van der Waals surface area contributed by atoms with Gasteiger partial charge in [-0.15, -0.1) is 0 Å². The molecule has 35 heavy (non-hydrogen) atoms. The summed E-state index contributed by atoms with van der Waals surface area (Å²) < 4.78 is 55.8. The minimum absolute atomic E-state index is 0.180. The van der Waals surface area contributed by atoms with E-state index < -0.39 is 23.5 Å². The zero-order valence-corrected chi connectivity index (χ0v) is 18.9. The number of benzene rings is 2. The van der Waals surface area contributed by atoms with Crippen molar-refractivity contribution in [3.05, 3.63) is 60.0 Å². The van der Waals surface area contributed by atoms with E-state index in [1.807, 2.05) is 4.90 Å². The van der Waals surface area contributed by atoms with Gasteiger partial charge in [-0.05, 0) is 42.8 Å². The number of ether oxygens (including phenoxy) is 2. The fourth-order valence-corrected chi connectivity index (χ4v) is 3.90. The van der Waals surface area contributed by atoms with Gasteiger partial charge in [0.1, 0.15) is 5.75 Å². The van der Waals surface area contributed by atoms with Crippen molar-refractivity contribution < 1.29 is 36.7 Å². The van der Waals surface area contributed by atoms with E-state index in [1.165, 1.54) is 20.3 Å². The first-order valence-electron chi connectivity index (χ1n) is 10.7. The van der Waals surface area contributed by atoms with E-state index in [9.17, 15) is 22.8 Å². The summed E-state index contributed by atoms with van der Waals surface area (Å²) in [6.07, 6.45) is -4.28. The Kier molecular flexibility index (Phi) is 6.68. The van der Waals surface area contributed by atoms with Crippen molar-refractivity contribution in [3.8, 4) is 17.2 Å². The number of aromatic nitrogens is 1. The number of carbonyl (C=O) groups excluding carboxylic acids is 2. The van der Waals surface area contributed by atoms with Crippen LogP contribution in [-0.2, 0) is 15.7 Å². The molecule has 0 aliphatic carbocycles. The lowest BCUT2D eigenvalue weighted by Gasteiger charge is -2.18. The van der Waals surface area contributed by atoms with Crippen molar-refractivity contribution in [2.24, 2.45) is 5.92 Å². The van der Waals surface area contributed by atoms with Gasteiger partial charge in [0.25, 0.3) is 5.91 Å². The minimum atomic E-state index is -4.93. The Morgan fingerprint density at radius 3 is 2.49 bits per heavy atom. The SMILES string of the molecule is COC(=O)C1CCN(c2ccc(NC(=O)c3nc(-c4ccccc4OC)oc3C(F)(F)F)cc2)C1. The van der Waals surface area contributed by atoms with Crippen LogP contribution in [0.4, 0.5) is 24.5 Å². The number of para-hydroxylation sites is 1. The topological polar surface area (TPSA) is 93.9 Å². The number of amides is 1. The van der Waals surface area contributed by atoms with Crippen LogP contribution in [-0.4, -0.2) is 44.2 Å². The van der Waals surface area contributed by atoms with Crippen molar-refractivity contribution in [2.75, 3.05) is 37.5 Å². The fourth-order valence-electron chi connectivity index (χ4n) is 3.90. The number of esters is 1. The quantitative estimate of drug-likeness (QED) is 0.505. The Morgan fingerprint density at radius 2 is 1.83 bits per heavy atom. The first-order valence-corrected chi connectivity index (χ1v) is 10.7. The van der Waals surface area contributed by atoms with Gasteiger partial charge in [0.15, 0.2) is 5.69 Å². The van der Waals surface area contributed by atoms with Crippen LogP contribution in [0.3, 0.4) is 0 Å². The molecular formula is C24H22F3N3O5. The molecule has 11 heteroatoms. The van der Waals surface area contributed by atoms with Gasteiger partial charge in [-0.2, -0.15) is 13.2 Å². The van der Waals surface area contributed by atoms with Crippen molar-refractivity contribution in [1.29, 1.82) is 0 Å². The molecular weight excluding hydrogens is 467 g/mol. The summed E-state index contributed by atoms with van der Waals surface area (Å²) in [5.74, 6) is -3.19. The first kappa shape index (κ1) is 24.1. The van der Waals surface area contributed by atoms with Crippen LogP contribution in [0.2, 0.25) is 0 Å².